The zero-order valence-corrected chi connectivity index (χ0v) is 21.0. The largest absolute Gasteiger partial charge is 0.433 e. The molecule has 0 atom stereocenters. The van der Waals surface area contributed by atoms with Crippen LogP contribution in [0, 0.1) is 29.6 Å². The average molecular weight is 489 g/mol. The van der Waals surface area contributed by atoms with Crippen molar-refractivity contribution >= 4 is 5.91 Å². The first-order valence-electron chi connectivity index (χ1n) is 11.9. The molecule has 1 aliphatic carbocycles. The zero-order valence-electron chi connectivity index (χ0n) is 21.0. The Kier molecular flexibility index (Phi) is 7.85. The number of alkyl halides is 2. The van der Waals surface area contributed by atoms with Crippen molar-refractivity contribution in [3.8, 4) is 17.5 Å². The molecule has 2 aromatic rings. The lowest BCUT2D eigenvalue weighted by molar-refractivity contribution is -0.0499. The minimum atomic E-state index is -3.06. The van der Waals surface area contributed by atoms with Crippen LogP contribution in [0.2, 0.25) is 0 Å². The van der Waals surface area contributed by atoms with Gasteiger partial charge >= 0.3 is 6.61 Å². The molecular formula is C26H34F2N4O3. The van der Waals surface area contributed by atoms with Gasteiger partial charge < -0.3 is 15.2 Å². The monoisotopic (exact) mass is 488 g/mol. The molecule has 1 aromatic carbocycles. The number of nitriles is 1. The second-order valence-electron chi connectivity index (χ2n) is 10.8. The second-order valence-corrected chi connectivity index (χ2v) is 10.8. The fourth-order valence-corrected chi connectivity index (χ4v) is 4.55. The van der Waals surface area contributed by atoms with Crippen molar-refractivity contribution < 1.29 is 23.4 Å². The molecule has 0 unspecified atom stereocenters. The number of imidazole rings is 1. The van der Waals surface area contributed by atoms with E-state index in [4.69, 9.17) is 4.74 Å². The van der Waals surface area contributed by atoms with Crippen LogP contribution in [0.1, 0.15) is 80.9 Å². The molecule has 2 N–H and O–H groups in total. The molecule has 0 saturated heterocycles. The zero-order chi connectivity index (χ0) is 26.0. The minimum Gasteiger partial charge on any atom is -0.433 e. The summed E-state index contributed by atoms with van der Waals surface area (Å²) in [5, 5.41) is 23.4. The number of benzene rings is 1. The highest BCUT2D eigenvalue weighted by atomic mass is 19.3. The van der Waals surface area contributed by atoms with Gasteiger partial charge in [-0.15, -0.1) is 0 Å². The maximum absolute atomic E-state index is 13.2. The fourth-order valence-electron chi connectivity index (χ4n) is 4.55. The maximum atomic E-state index is 13.2. The van der Waals surface area contributed by atoms with E-state index in [0.717, 1.165) is 18.4 Å². The van der Waals surface area contributed by atoms with E-state index >= 15 is 0 Å². The summed E-state index contributed by atoms with van der Waals surface area (Å²) in [6, 6.07) is 6.91. The van der Waals surface area contributed by atoms with Crippen LogP contribution in [0.15, 0.2) is 18.2 Å². The van der Waals surface area contributed by atoms with Crippen molar-refractivity contribution in [3.05, 3.63) is 41.0 Å². The third kappa shape index (κ3) is 6.57. The van der Waals surface area contributed by atoms with Crippen molar-refractivity contribution in [3.63, 3.8) is 0 Å². The summed E-state index contributed by atoms with van der Waals surface area (Å²) < 4.78 is 32.6. The molecule has 9 heteroatoms. The third-order valence-corrected chi connectivity index (χ3v) is 6.36. The highest BCUT2D eigenvalue weighted by Crippen LogP contribution is 2.33. The molecule has 190 valence electrons. The van der Waals surface area contributed by atoms with E-state index < -0.39 is 18.1 Å². The van der Waals surface area contributed by atoms with Crippen LogP contribution in [0.25, 0.3) is 5.69 Å². The molecule has 0 radical (unpaired) electrons. The number of ether oxygens (including phenoxy) is 1. The van der Waals surface area contributed by atoms with Gasteiger partial charge in [0.1, 0.15) is 17.6 Å². The van der Waals surface area contributed by atoms with E-state index in [1.807, 2.05) is 26.8 Å². The number of hydrogen-bond acceptors (Lipinski definition) is 5. The molecule has 1 amide bonds. The minimum absolute atomic E-state index is 0.0522. The Labute approximate surface area is 205 Å². The van der Waals surface area contributed by atoms with E-state index in [-0.39, 0.29) is 40.6 Å². The van der Waals surface area contributed by atoms with Crippen LogP contribution in [0.3, 0.4) is 0 Å². The summed E-state index contributed by atoms with van der Waals surface area (Å²) in [6.07, 6.45) is 3.56. The molecular weight excluding hydrogens is 454 g/mol. The normalized spacial score (nSPS) is 20.5. The van der Waals surface area contributed by atoms with Gasteiger partial charge in [0.15, 0.2) is 11.4 Å². The summed E-state index contributed by atoms with van der Waals surface area (Å²) in [5.74, 6) is 0.112. The van der Waals surface area contributed by atoms with Crippen molar-refractivity contribution in [2.75, 3.05) is 6.54 Å². The molecule has 1 heterocycles. The molecule has 1 fully saturated rings. The fraction of sp³-hybridized carbons (Fsp3) is 0.577. The number of amides is 1. The predicted octanol–water partition coefficient (Wildman–Crippen LogP) is 4.91. The number of carbonyl (C=O) groups is 1. The van der Waals surface area contributed by atoms with Gasteiger partial charge in [0.2, 0.25) is 0 Å². The Balaban J connectivity index is 1.93. The molecule has 1 aromatic heterocycles. The van der Waals surface area contributed by atoms with Crippen molar-refractivity contribution in [1.29, 1.82) is 5.26 Å². The topological polar surface area (TPSA) is 100 Å². The summed E-state index contributed by atoms with van der Waals surface area (Å²) >= 11 is 0. The van der Waals surface area contributed by atoms with Crippen molar-refractivity contribution in [2.24, 2.45) is 11.3 Å². The standard InChI is InChI=1S/C26H34F2N4O3/c1-16-8-10-26(34,11-9-16)15-30-23(33)22-20(14-29)32(17(2)31-22)19-7-6-18(13-25(3,4)5)12-21(19)35-24(27)28/h6-7,12,16,24,34H,8-11,13,15H2,1-5H3,(H,30,33). The predicted molar refractivity (Wildman–Crippen MR) is 128 cm³/mol. The van der Waals surface area contributed by atoms with Gasteiger partial charge in [-0.05, 0) is 68.1 Å². The van der Waals surface area contributed by atoms with Gasteiger partial charge in [0, 0.05) is 6.54 Å². The van der Waals surface area contributed by atoms with Gasteiger partial charge in [0.25, 0.3) is 5.91 Å². The quantitative estimate of drug-likeness (QED) is 0.577. The maximum Gasteiger partial charge on any atom is 0.387 e. The molecule has 35 heavy (non-hydrogen) atoms. The van der Waals surface area contributed by atoms with Crippen molar-refractivity contribution in [2.45, 2.75) is 78.9 Å². The van der Waals surface area contributed by atoms with Gasteiger partial charge in [-0.3, -0.25) is 9.36 Å². The molecule has 0 bridgehead atoms. The first-order valence-corrected chi connectivity index (χ1v) is 11.9. The third-order valence-electron chi connectivity index (χ3n) is 6.36. The van der Waals surface area contributed by atoms with Crippen LogP contribution in [-0.4, -0.2) is 39.3 Å². The highest BCUT2D eigenvalue weighted by molar-refractivity contribution is 5.94. The number of aryl methyl sites for hydroxylation is 1. The first-order chi connectivity index (χ1) is 16.3. The molecule has 1 saturated carbocycles. The number of carbonyl (C=O) groups excluding carboxylic acids is 1. The lowest BCUT2D eigenvalue weighted by Crippen LogP contribution is -2.45. The molecule has 0 spiro atoms. The lowest BCUT2D eigenvalue weighted by Gasteiger charge is -2.34. The average Bonchev–Trinajstić information content (AvgIpc) is 3.09. The number of hydrogen-bond donors (Lipinski definition) is 2. The SMILES string of the molecule is Cc1nc(C(=O)NCC2(O)CCC(C)CC2)c(C#N)n1-c1ccc(CC(C)(C)C)cc1OC(F)F. The Morgan fingerprint density at radius 3 is 2.60 bits per heavy atom. The Morgan fingerprint density at radius 2 is 2.03 bits per heavy atom. The summed E-state index contributed by atoms with van der Waals surface area (Å²) in [5.41, 5.74) is -0.276. The lowest BCUT2D eigenvalue weighted by atomic mass is 9.79. The number of rotatable bonds is 7. The van der Waals surface area contributed by atoms with Gasteiger partial charge in [-0.1, -0.05) is 33.8 Å². The Hall–Kier alpha value is -2.99. The molecule has 0 aliphatic heterocycles. The van der Waals surface area contributed by atoms with Crippen LogP contribution in [0.4, 0.5) is 8.78 Å². The second kappa shape index (κ2) is 10.3. The molecule has 7 nitrogen and oxygen atoms in total. The number of nitrogens with zero attached hydrogens (tertiary/aromatic N) is 3. The number of halogens is 2. The van der Waals surface area contributed by atoms with Crippen LogP contribution >= 0.6 is 0 Å². The molecule has 1 aliphatic rings. The number of aliphatic hydroxyl groups is 1. The van der Waals surface area contributed by atoms with Crippen molar-refractivity contribution in [1.82, 2.24) is 14.9 Å². The smallest absolute Gasteiger partial charge is 0.387 e. The Morgan fingerprint density at radius 1 is 1.37 bits per heavy atom. The Bertz CT molecular complexity index is 1110. The summed E-state index contributed by atoms with van der Waals surface area (Å²) in [7, 11) is 0. The number of aromatic nitrogens is 2. The summed E-state index contributed by atoms with van der Waals surface area (Å²) in [6.45, 7) is 6.83. The van der Waals surface area contributed by atoms with Gasteiger partial charge in [-0.25, -0.2) is 4.98 Å². The number of nitrogens with one attached hydrogen (secondary N) is 1. The van der Waals surface area contributed by atoms with E-state index in [1.165, 1.54) is 10.6 Å². The van der Waals surface area contributed by atoms with E-state index in [1.54, 1.807) is 19.1 Å². The molecule has 3 rings (SSSR count). The van der Waals surface area contributed by atoms with Gasteiger partial charge in [0.05, 0.1) is 11.3 Å². The van der Waals surface area contributed by atoms with Gasteiger partial charge in [-0.2, -0.15) is 14.0 Å². The van der Waals surface area contributed by atoms with E-state index in [0.29, 0.717) is 25.2 Å². The summed E-state index contributed by atoms with van der Waals surface area (Å²) in [4.78, 5) is 17.2. The van der Waals surface area contributed by atoms with E-state index in [9.17, 15) is 23.9 Å². The highest BCUT2D eigenvalue weighted by Gasteiger charge is 2.33. The first kappa shape index (κ1) is 26.6. The van der Waals surface area contributed by atoms with Crippen LogP contribution in [-0.2, 0) is 6.42 Å². The van der Waals surface area contributed by atoms with Crippen LogP contribution in [0.5, 0.6) is 5.75 Å². The van der Waals surface area contributed by atoms with E-state index in [2.05, 4.69) is 17.2 Å². The van der Waals surface area contributed by atoms with Crippen LogP contribution < -0.4 is 10.1 Å².